The highest BCUT2D eigenvalue weighted by atomic mass is 16.7. The number of amidine groups is 1. The van der Waals surface area contributed by atoms with Gasteiger partial charge in [0.2, 0.25) is 0 Å². The van der Waals surface area contributed by atoms with Crippen molar-refractivity contribution in [2.75, 3.05) is 0 Å². The van der Waals surface area contributed by atoms with E-state index in [1.165, 1.54) is 0 Å². The maximum Gasteiger partial charge on any atom is 0.280 e. The summed E-state index contributed by atoms with van der Waals surface area (Å²) in [5.74, 6) is 0.604. The minimum absolute atomic E-state index is 0.604. The molecule has 0 saturated carbocycles. The summed E-state index contributed by atoms with van der Waals surface area (Å²) in [6.45, 7) is 1.70. The SMILES string of the molecule is CC1=NC(O)ON1. The first kappa shape index (κ1) is 4.55. The number of hydrogen-bond donors (Lipinski definition) is 2. The van der Waals surface area contributed by atoms with Crippen molar-refractivity contribution >= 4 is 5.84 Å². The van der Waals surface area contributed by atoms with Crippen LogP contribution >= 0.6 is 0 Å². The zero-order valence-electron chi connectivity index (χ0n) is 3.88. The third-order valence-corrected chi connectivity index (χ3v) is 0.616. The van der Waals surface area contributed by atoms with E-state index in [1.807, 2.05) is 0 Å². The normalized spacial score (nSPS) is 29.4. The van der Waals surface area contributed by atoms with E-state index in [-0.39, 0.29) is 0 Å². The molecule has 1 aliphatic heterocycles. The van der Waals surface area contributed by atoms with Crippen molar-refractivity contribution < 1.29 is 9.94 Å². The molecule has 4 nitrogen and oxygen atoms in total. The van der Waals surface area contributed by atoms with Crippen molar-refractivity contribution in [3.8, 4) is 0 Å². The molecule has 0 amide bonds. The molecule has 0 fully saturated rings. The lowest BCUT2D eigenvalue weighted by Gasteiger charge is -1.91. The first-order valence-electron chi connectivity index (χ1n) is 1.93. The summed E-state index contributed by atoms with van der Waals surface area (Å²) in [5, 5.41) is 8.43. The van der Waals surface area contributed by atoms with E-state index in [2.05, 4.69) is 15.3 Å². The average molecular weight is 102 g/mol. The minimum atomic E-state index is -1.00. The molecule has 0 aromatic carbocycles. The van der Waals surface area contributed by atoms with Gasteiger partial charge in [-0.25, -0.2) is 15.3 Å². The summed E-state index contributed by atoms with van der Waals surface area (Å²) in [4.78, 5) is 7.89. The minimum Gasteiger partial charge on any atom is -0.348 e. The van der Waals surface area contributed by atoms with Crippen molar-refractivity contribution in [2.24, 2.45) is 4.99 Å². The Morgan fingerprint density at radius 2 is 2.71 bits per heavy atom. The predicted octanol–water partition coefficient (Wildman–Crippen LogP) is -0.784. The second-order valence-corrected chi connectivity index (χ2v) is 1.26. The summed E-state index contributed by atoms with van der Waals surface area (Å²) in [5.41, 5.74) is 2.37. The third-order valence-electron chi connectivity index (χ3n) is 0.616. The molecule has 1 heterocycles. The van der Waals surface area contributed by atoms with Gasteiger partial charge in [-0.1, -0.05) is 0 Å². The number of hydrogen-bond acceptors (Lipinski definition) is 4. The Balaban J connectivity index is 2.50. The summed E-state index contributed by atoms with van der Waals surface area (Å²) in [6, 6.07) is 0. The van der Waals surface area contributed by atoms with Gasteiger partial charge in [-0.15, -0.1) is 0 Å². The van der Waals surface area contributed by atoms with Crippen molar-refractivity contribution in [2.45, 2.75) is 13.3 Å². The van der Waals surface area contributed by atoms with E-state index in [1.54, 1.807) is 6.92 Å². The number of nitrogens with one attached hydrogen (secondary N) is 1. The van der Waals surface area contributed by atoms with E-state index >= 15 is 0 Å². The molecule has 1 rings (SSSR count). The van der Waals surface area contributed by atoms with Crippen LogP contribution in [0.4, 0.5) is 0 Å². The Bertz CT molecular complexity index is 101. The van der Waals surface area contributed by atoms with Crippen LogP contribution in [0.2, 0.25) is 0 Å². The largest absolute Gasteiger partial charge is 0.348 e. The molecule has 0 spiro atoms. The number of rotatable bonds is 0. The Morgan fingerprint density at radius 1 is 2.00 bits per heavy atom. The molecule has 2 N–H and O–H groups in total. The lowest BCUT2D eigenvalue weighted by molar-refractivity contribution is -0.102. The number of hydroxylamine groups is 1. The van der Waals surface area contributed by atoms with Gasteiger partial charge < -0.3 is 5.11 Å². The topological polar surface area (TPSA) is 53.9 Å². The number of aliphatic imine (C=N–C) groups is 1. The van der Waals surface area contributed by atoms with Crippen LogP contribution in [-0.2, 0) is 4.84 Å². The molecular formula is C3H6N2O2. The molecule has 0 saturated heterocycles. The smallest absolute Gasteiger partial charge is 0.280 e. The van der Waals surface area contributed by atoms with E-state index < -0.39 is 6.41 Å². The Labute approximate surface area is 40.8 Å². The fourth-order valence-electron chi connectivity index (χ4n) is 0.356. The molecule has 7 heavy (non-hydrogen) atoms. The second-order valence-electron chi connectivity index (χ2n) is 1.26. The standard InChI is InChI=1S/C3H6N2O2/c1-2-4-3(6)7-5-2/h3,6H,1H3,(H,4,5). The van der Waals surface area contributed by atoms with Gasteiger partial charge in [0, 0.05) is 0 Å². The lowest BCUT2D eigenvalue weighted by Crippen LogP contribution is -2.14. The van der Waals surface area contributed by atoms with Gasteiger partial charge in [-0.05, 0) is 6.92 Å². The Kier molecular flexibility index (Phi) is 0.958. The van der Waals surface area contributed by atoms with Crippen molar-refractivity contribution in [1.82, 2.24) is 5.48 Å². The monoisotopic (exact) mass is 102 g/mol. The van der Waals surface area contributed by atoms with Gasteiger partial charge in [0.1, 0.15) is 5.84 Å². The van der Waals surface area contributed by atoms with Crippen LogP contribution in [-0.4, -0.2) is 17.4 Å². The highest BCUT2D eigenvalue weighted by molar-refractivity contribution is 5.79. The average Bonchev–Trinajstić information content (AvgIpc) is 1.87. The molecule has 4 heteroatoms. The lowest BCUT2D eigenvalue weighted by atomic mass is 10.7. The van der Waals surface area contributed by atoms with Crippen LogP contribution in [0.5, 0.6) is 0 Å². The summed E-state index contributed by atoms with van der Waals surface area (Å²) >= 11 is 0. The molecule has 1 unspecified atom stereocenters. The molecular weight excluding hydrogens is 96.0 g/mol. The van der Waals surface area contributed by atoms with Crippen LogP contribution in [0.15, 0.2) is 4.99 Å². The van der Waals surface area contributed by atoms with Crippen LogP contribution in [0.25, 0.3) is 0 Å². The van der Waals surface area contributed by atoms with Gasteiger partial charge in [-0.3, -0.25) is 0 Å². The van der Waals surface area contributed by atoms with Gasteiger partial charge in [-0.2, -0.15) is 0 Å². The van der Waals surface area contributed by atoms with Crippen LogP contribution < -0.4 is 5.48 Å². The van der Waals surface area contributed by atoms with Crippen LogP contribution in [0.3, 0.4) is 0 Å². The first-order valence-corrected chi connectivity index (χ1v) is 1.93. The summed E-state index contributed by atoms with van der Waals surface area (Å²) in [7, 11) is 0. The van der Waals surface area contributed by atoms with E-state index in [0.717, 1.165) is 0 Å². The number of aliphatic hydroxyl groups excluding tert-OH is 1. The number of aliphatic hydroxyl groups is 1. The second kappa shape index (κ2) is 1.48. The first-order chi connectivity index (χ1) is 3.29. The van der Waals surface area contributed by atoms with Crippen LogP contribution in [0.1, 0.15) is 6.92 Å². The van der Waals surface area contributed by atoms with Crippen molar-refractivity contribution in [3.63, 3.8) is 0 Å². The number of nitrogens with zero attached hydrogens (tertiary/aromatic N) is 1. The molecule has 0 aromatic heterocycles. The highest BCUT2D eigenvalue weighted by Gasteiger charge is 2.08. The van der Waals surface area contributed by atoms with Gasteiger partial charge >= 0.3 is 0 Å². The van der Waals surface area contributed by atoms with Gasteiger partial charge in [0.15, 0.2) is 0 Å². The molecule has 0 radical (unpaired) electrons. The predicted molar refractivity (Wildman–Crippen MR) is 23.3 cm³/mol. The van der Waals surface area contributed by atoms with Crippen molar-refractivity contribution in [1.29, 1.82) is 0 Å². The molecule has 40 valence electrons. The molecule has 0 aliphatic carbocycles. The highest BCUT2D eigenvalue weighted by Crippen LogP contribution is 1.92. The molecule has 0 aromatic rings. The summed E-state index contributed by atoms with van der Waals surface area (Å²) in [6.07, 6.45) is -1.00. The third kappa shape index (κ3) is 0.880. The van der Waals surface area contributed by atoms with E-state index in [9.17, 15) is 0 Å². The zero-order chi connectivity index (χ0) is 5.28. The molecule has 0 bridgehead atoms. The fraction of sp³-hybridized carbons (Fsp3) is 0.667. The van der Waals surface area contributed by atoms with Gasteiger partial charge in [0.05, 0.1) is 0 Å². The maximum atomic E-state index is 8.43. The fourth-order valence-corrected chi connectivity index (χ4v) is 0.356. The molecule has 1 aliphatic rings. The maximum absolute atomic E-state index is 8.43. The van der Waals surface area contributed by atoms with Crippen LogP contribution in [0, 0.1) is 0 Å². The quantitative estimate of drug-likeness (QED) is 0.421. The Hall–Kier alpha value is -0.610. The van der Waals surface area contributed by atoms with E-state index in [4.69, 9.17) is 5.11 Å². The van der Waals surface area contributed by atoms with E-state index in [0.29, 0.717) is 5.84 Å². The Morgan fingerprint density at radius 3 is 2.86 bits per heavy atom. The van der Waals surface area contributed by atoms with Gasteiger partial charge in [0.25, 0.3) is 6.41 Å². The molecule has 1 atom stereocenters. The zero-order valence-corrected chi connectivity index (χ0v) is 3.88. The summed E-state index contributed by atoms with van der Waals surface area (Å²) < 4.78 is 0. The van der Waals surface area contributed by atoms with Crippen molar-refractivity contribution in [3.05, 3.63) is 0 Å².